The molecule has 1 atom stereocenters. The zero-order valence-electron chi connectivity index (χ0n) is 14.1. The maximum absolute atomic E-state index is 12.9. The summed E-state index contributed by atoms with van der Waals surface area (Å²) in [4.78, 5) is 11.3. The second-order valence-electron chi connectivity index (χ2n) is 5.54. The SMILES string of the molecule is COC(=O)CCN(C)S(=O)(=O)N1CCNCC1c1cccc(Cl)c1.Cl. The molecular weight excluding hydrogens is 389 g/mol. The van der Waals surface area contributed by atoms with E-state index in [-0.39, 0.29) is 31.4 Å². The number of esters is 1. The molecule has 0 aliphatic carbocycles. The van der Waals surface area contributed by atoms with E-state index < -0.39 is 16.2 Å². The van der Waals surface area contributed by atoms with Crippen LogP contribution in [0.5, 0.6) is 0 Å². The van der Waals surface area contributed by atoms with E-state index in [1.807, 2.05) is 6.07 Å². The van der Waals surface area contributed by atoms with Crippen molar-refractivity contribution in [2.75, 3.05) is 40.3 Å². The number of methoxy groups -OCH3 is 1. The van der Waals surface area contributed by atoms with Crippen molar-refractivity contribution in [3.63, 3.8) is 0 Å². The Balaban J connectivity index is 0.00000312. The summed E-state index contributed by atoms with van der Waals surface area (Å²) in [5.74, 6) is -0.441. The number of hydrogen-bond acceptors (Lipinski definition) is 5. The predicted octanol–water partition coefficient (Wildman–Crippen LogP) is 1.45. The fraction of sp³-hybridized carbons (Fsp3) is 0.533. The predicted molar refractivity (Wildman–Crippen MR) is 99.2 cm³/mol. The molecule has 1 aromatic rings. The molecule has 0 bridgehead atoms. The molecule has 0 aromatic heterocycles. The zero-order valence-corrected chi connectivity index (χ0v) is 16.5. The lowest BCUT2D eigenvalue weighted by Gasteiger charge is -2.37. The molecule has 1 saturated heterocycles. The number of benzene rings is 1. The summed E-state index contributed by atoms with van der Waals surface area (Å²) < 4.78 is 33.0. The van der Waals surface area contributed by atoms with Crippen molar-refractivity contribution in [2.24, 2.45) is 0 Å². The van der Waals surface area contributed by atoms with Gasteiger partial charge in [0.05, 0.1) is 19.6 Å². The minimum Gasteiger partial charge on any atom is -0.469 e. The van der Waals surface area contributed by atoms with Crippen molar-refractivity contribution in [3.05, 3.63) is 34.9 Å². The molecule has 7 nitrogen and oxygen atoms in total. The Morgan fingerprint density at radius 1 is 1.48 bits per heavy atom. The average molecular weight is 412 g/mol. The molecule has 1 aliphatic heterocycles. The molecule has 10 heteroatoms. The highest BCUT2D eigenvalue weighted by Crippen LogP contribution is 2.28. The van der Waals surface area contributed by atoms with Crippen molar-refractivity contribution < 1.29 is 17.9 Å². The maximum Gasteiger partial charge on any atom is 0.306 e. The van der Waals surface area contributed by atoms with Gasteiger partial charge >= 0.3 is 5.97 Å². The standard InChI is InChI=1S/C15H22ClN3O4S.ClH/c1-18(8-6-15(20)23-2)24(21,22)19-9-7-17-11-14(19)12-4-3-5-13(16)10-12;/h3-5,10,14,17H,6-9,11H2,1-2H3;1H. The molecular formula is C15H23Cl2N3O4S. The molecule has 1 unspecified atom stereocenters. The van der Waals surface area contributed by atoms with Crippen LogP contribution >= 0.6 is 24.0 Å². The number of piperazine rings is 1. The van der Waals surface area contributed by atoms with Gasteiger partial charge in [0.25, 0.3) is 10.2 Å². The van der Waals surface area contributed by atoms with Gasteiger partial charge in [-0.1, -0.05) is 23.7 Å². The van der Waals surface area contributed by atoms with Gasteiger partial charge in [-0.2, -0.15) is 17.0 Å². The topological polar surface area (TPSA) is 79.0 Å². The van der Waals surface area contributed by atoms with E-state index in [2.05, 4.69) is 10.1 Å². The van der Waals surface area contributed by atoms with Crippen molar-refractivity contribution in [1.29, 1.82) is 0 Å². The molecule has 1 aliphatic rings. The first-order valence-corrected chi connectivity index (χ1v) is 9.40. The summed E-state index contributed by atoms with van der Waals surface area (Å²) in [5.41, 5.74) is 0.833. The molecule has 25 heavy (non-hydrogen) atoms. The Morgan fingerprint density at radius 2 is 2.20 bits per heavy atom. The highest BCUT2D eigenvalue weighted by Gasteiger charge is 2.36. The van der Waals surface area contributed by atoms with E-state index in [4.69, 9.17) is 11.6 Å². The van der Waals surface area contributed by atoms with Gasteiger partial charge in [0.1, 0.15) is 0 Å². The monoisotopic (exact) mass is 411 g/mol. The largest absolute Gasteiger partial charge is 0.469 e. The van der Waals surface area contributed by atoms with Gasteiger partial charge in [-0.05, 0) is 17.7 Å². The first-order valence-electron chi connectivity index (χ1n) is 7.62. The van der Waals surface area contributed by atoms with E-state index in [1.165, 1.54) is 22.8 Å². The van der Waals surface area contributed by atoms with E-state index in [0.717, 1.165) is 5.56 Å². The van der Waals surface area contributed by atoms with Crippen LogP contribution in [0.2, 0.25) is 5.02 Å². The van der Waals surface area contributed by atoms with Gasteiger partial charge in [0.2, 0.25) is 0 Å². The van der Waals surface area contributed by atoms with Crippen molar-refractivity contribution in [2.45, 2.75) is 12.5 Å². The fourth-order valence-electron chi connectivity index (χ4n) is 2.61. The van der Waals surface area contributed by atoms with Crippen molar-refractivity contribution in [3.8, 4) is 0 Å². The van der Waals surface area contributed by atoms with Crippen LogP contribution in [0.4, 0.5) is 0 Å². The number of carbonyl (C=O) groups excluding carboxylic acids is 1. The molecule has 2 rings (SSSR count). The van der Waals surface area contributed by atoms with E-state index in [0.29, 0.717) is 24.7 Å². The lowest BCUT2D eigenvalue weighted by molar-refractivity contribution is -0.140. The fourth-order valence-corrected chi connectivity index (χ4v) is 4.32. The van der Waals surface area contributed by atoms with Crippen molar-refractivity contribution >= 4 is 40.2 Å². The summed E-state index contributed by atoms with van der Waals surface area (Å²) in [6.07, 6.45) is 0.0140. The summed E-state index contributed by atoms with van der Waals surface area (Å²) >= 11 is 6.04. The quantitative estimate of drug-likeness (QED) is 0.716. The third-order valence-corrected chi connectivity index (χ3v) is 6.21. The zero-order chi connectivity index (χ0) is 17.7. The molecule has 0 radical (unpaired) electrons. The van der Waals surface area contributed by atoms with E-state index >= 15 is 0 Å². The third kappa shape index (κ3) is 5.54. The summed E-state index contributed by atoms with van der Waals surface area (Å²) in [6, 6.07) is 6.85. The average Bonchev–Trinajstić information content (AvgIpc) is 2.59. The van der Waals surface area contributed by atoms with E-state index in [9.17, 15) is 13.2 Å². The molecule has 1 heterocycles. The number of ether oxygens (including phenoxy) is 1. The molecule has 1 aromatic carbocycles. The minimum atomic E-state index is -3.70. The highest BCUT2D eigenvalue weighted by molar-refractivity contribution is 7.86. The highest BCUT2D eigenvalue weighted by atomic mass is 35.5. The van der Waals surface area contributed by atoms with Gasteiger partial charge < -0.3 is 10.1 Å². The van der Waals surface area contributed by atoms with Gasteiger partial charge in [0.15, 0.2) is 0 Å². The first-order chi connectivity index (χ1) is 11.4. The van der Waals surface area contributed by atoms with Crippen LogP contribution < -0.4 is 5.32 Å². The van der Waals surface area contributed by atoms with Gasteiger partial charge in [-0.15, -0.1) is 12.4 Å². The van der Waals surface area contributed by atoms with Crippen LogP contribution in [0.3, 0.4) is 0 Å². The number of halogens is 2. The Morgan fingerprint density at radius 3 is 2.84 bits per heavy atom. The Hall–Kier alpha value is -0.900. The summed E-state index contributed by atoms with van der Waals surface area (Å²) in [7, 11) is -0.953. The number of nitrogens with one attached hydrogen (secondary N) is 1. The Bertz CT molecular complexity index is 687. The van der Waals surface area contributed by atoms with Gasteiger partial charge in [0, 0.05) is 38.2 Å². The molecule has 0 saturated carbocycles. The Kier molecular flexibility index (Phi) is 8.59. The second-order valence-corrected chi connectivity index (χ2v) is 7.97. The maximum atomic E-state index is 12.9. The van der Waals surface area contributed by atoms with Crippen LogP contribution in [-0.4, -0.2) is 63.3 Å². The van der Waals surface area contributed by atoms with Gasteiger partial charge in [-0.3, -0.25) is 4.79 Å². The van der Waals surface area contributed by atoms with Crippen LogP contribution in [0.15, 0.2) is 24.3 Å². The molecule has 1 N–H and O–H groups in total. The third-order valence-electron chi connectivity index (χ3n) is 3.98. The number of nitrogens with zero attached hydrogens (tertiary/aromatic N) is 2. The normalized spacial score (nSPS) is 18.6. The lowest BCUT2D eigenvalue weighted by Crippen LogP contribution is -2.52. The number of rotatable bonds is 6. The first kappa shape index (κ1) is 22.1. The van der Waals surface area contributed by atoms with Gasteiger partial charge in [-0.25, -0.2) is 0 Å². The minimum absolute atomic E-state index is 0. The second kappa shape index (κ2) is 9.70. The summed E-state index contributed by atoms with van der Waals surface area (Å²) in [5, 5.41) is 3.78. The lowest BCUT2D eigenvalue weighted by atomic mass is 10.1. The molecule has 0 amide bonds. The van der Waals surface area contributed by atoms with Crippen LogP contribution in [0, 0.1) is 0 Å². The smallest absolute Gasteiger partial charge is 0.306 e. The van der Waals surface area contributed by atoms with Crippen LogP contribution in [0.1, 0.15) is 18.0 Å². The van der Waals surface area contributed by atoms with Crippen LogP contribution in [-0.2, 0) is 19.7 Å². The molecule has 0 spiro atoms. The molecule has 1 fully saturated rings. The number of hydrogen-bond donors (Lipinski definition) is 1. The summed E-state index contributed by atoms with van der Waals surface area (Å²) in [6.45, 7) is 1.49. The Labute approximate surface area is 159 Å². The van der Waals surface area contributed by atoms with Crippen molar-refractivity contribution in [1.82, 2.24) is 13.9 Å². The number of carbonyl (C=O) groups is 1. The van der Waals surface area contributed by atoms with Crippen LogP contribution in [0.25, 0.3) is 0 Å². The molecule has 142 valence electrons. The van der Waals surface area contributed by atoms with E-state index in [1.54, 1.807) is 18.2 Å².